The zero-order valence-electron chi connectivity index (χ0n) is 11.0. The van der Waals surface area contributed by atoms with E-state index in [0.29, 0.717) is 0 Å². The summed E-state index contributed by atoms with van der Waals surface area (Å²) >= 11 is 0. The largest absolute Gasteiger partial charge is 0.480 e. The van der Waals surface area contributed by atoms with Crippen LogP contribution in [0.25, 0.3) is 0 Å². The van der Waals surface area contributed by atoms with Gasteiger partial charge >= 0.3 is 5.97 Å². The molecular weight excluding hydrogens is 218 g/mol. The Hall–Kier alpha value is -1.36. The maximum absolute atomic E-state index is 11.2. The van der Waals surface area contributed by atoms with Gasteiger partial charge in [-0.15, -0.1) is 0 Å². The molecular formula is C12H21N3O2. The Morgan fingerprint density at radius 1 is 1.59 bits per heavy atom. The van der Waals surface area contributed by atoms with Gasteiger partial charge in [-0.3, -0.25) is 14.4 Å². The molecule has 0 aliphatic rings. The van der Waals surface area contributed by atoms with Crippen LogP contribution in [0.3, 0.4) is 0 Å². The minimum Gasteiger partial charge on any atom is -0.480 e. The summed E-state index contributed by atoms with van der Waals surface area (Å²) in [6.45, 7) is 6.89. The number of likely N-dealkylation sites (N-methyl/N-ethyl adjacent to an activating group) is 1. The first kappa shape index (κ1) is 13.7. The maximum Gasteiger partial charge on any atom is 0.323 e. The lowest BCUT2D eigenvalue weighted by molar-refractivity contribution is -0.149. The molecule has 1 heterocycles. The molecule has 0 aromatic carbocycles. The fourth-order valence-corrected chi connectivity index (χ4v) is 1.86. The normalized spacial score (nSPS) is 12.1. The molecule has 1 N–H and O–H groups in total. The standard InChI is InChI=1S/C12H21N3O2/c1-5-15(12(2,3)11(16)17)9-7-10-6-8-13-14(10)4/h6,8H,5,7,9H2,1-4H3,(H,16,17). The first-order valence-corrected chi connectivity index (χ1v) is 5.85. The molecule has 1 rings (SSSR count). The van der Waals surface area contributed by atoms with Crippen molar-refractivity contribution in [3.8, 4) is 0 Å². The molecule has 0 aliphatic carbocycles. The van der Waals surface area contributed by atoms with Crippen molar-refractivity contribution in [2.75, 3.05) is 13.1 Å². The van der Waals surface area contributed by atoms with Crippen molar-refractivity contribution >= 4 is 5.97 Å². The molecule has 5 nitrogen and oxygen atoms in total. The van der Waals surface area contributed by atoms with E-state index in [1.54, 1.807) is 20.0 Å². The zero-order valence-corrected chi connectivity index (χ0v) is 11.0. The van der Waals surface area contributed by atoms with Crippen molar-refractivity contribution in [3.63, 3.8) is 0 Å². The number of aromatic nitrogens is 2. The highest BCUT2D eigenvalue weighted by Crippen LogP contribution is 2.15. The van der Waals surface area contributed by atoms with Gasteiger partial charge in [0.1, 0.15) is 5.54 Å². The highest BCUT2D eigenvalue weighted by Gasteiger charge is 2.33. The third-order valence-electron chi connectivity index (χ3n) is 3.26. The van der Waals surface area contributed by atoms with Crippen LogP contribution >= 0.6 is 0 Å². The van der Waals surface area contributed by atoms with E-state index in [2.05, 4.69) is 5.10 Å². The van der Waals surface area contributed by atoms with Gasteiger partial charge in [-0.2, -0.15) is 5.10 Å². The summed E-state index contributed by atoms with van der Waals surface area (Å²) in [7, 11) is 1.90. The topological polar surface area (TPSA) is 58.4 Å². The number of nitrogens with zero attached hydrogens (tertiary/aromatic N) is 3. The van der Waals surface area contributed by atoms with Gasteiger partial charge in [-0.05, 0) is 26.5 Å². The Morgan fingerprint density at radius 3 is 2.65 bits per heavy atom. The van der Waals surface area contributed by atoms with E-state index in [-0.39, 0.29) is 0 Å². The lowest BCUT2D eigenvalue weighted by Gasteiger charge is -2.34. The average molecular weight is 239 g/mol. The number of hydrogen-bond acceptors (Lipinski definition) is 3. The molecule has 0 unspecified atom stereocenters. The maximum atomic E-state index is 11.2. The van der Waals surface area contributed by atoms with E-state index in [1.807, 2.05) is 29.6 Å². The van der Waals surface area contributed by atoms with Crippen LogP contribution < -0.4 is 0 Å². The number of rotatable bonds is 6. The predicted octanol–water partition coefficient (Wildman–Crippen LogP) is 1.15. The summed E-state index contributed by atoms with van der Waals surface area (Å²) in [5.41, 5.74) is 0.289. The summed E-state index contributed by atoms with van der Waals surface area (Å²) in [4.78, 5) is 13.2. The van der Waals surface area contributed by atoms with Crippen LogP contribution in [0.15, 0.2) is 12.3 Å². The van der Waals surface area contributed by atoms with E-state index in [9.17, 15) is 9.90 Å². The van der Waals surface area contributed by atoms with Gasteiger partial charge < -0.3 is 5.11 Å². The number of aliphatic carboxylic acids is 1. The lowest BCUT2D eigenvalue weighted by Crippen LogP contribution is -2.50. The first-order chi connectivity index (χ1) is 7.89. The van der Waals surface area contributed by atoms with Crippen LogP contribution in [0.2, 0.25) is 0 Å². The van der Waals surface area contributed by atoms with Crippen molar-refractivity contribution in [1.29, 1.82) is 0 Å². The fraction of sp³-hybridized carbons (Fsp3) is 0.667. The molecule has 0 saturated carbocycles. The van der Waals surface area contributed by atoms with E-state index >= 15 is 0 Å². The summed E-state index contributed by atoms with van der Waals surface area (Å²) in [5, 5.41) is 13.3. The molecule has 1 aromatic heterocycles. The Balaban J connectivity index is 2.66. The van der Waals surface area contributed by atoms with Crippen LogP contribution in [0.4, 0.5) is 0 Å². The molecule has 0 spiro atoms. The van der Waals surface area contributed by atoms with Crippen LogP contribution in [-0.4, -0.2) is 44.4 Å². The van der Waals surface area contributed by atoms with Gasteiger partial charge in [-0.25, -0.2) is 0 Å². The molecule has 0 aliphatic heterocycles. The number of carbonyl (C=O) groups is 1. The second kappa shape index (κ2) is 5.31. The van der Waals surface area contributed by atoms with Crippen LogP contribution in [0.5, 0.6) is 0 Å². The van der Waals surface area contributed by atoms with Gasteiger partial charge in [0.25, 0.3) is 0 Å². The Labute approximate surface area is 102 Å². The van der Waals surface area contributed by atoms with Crippen LogP contribution in [0.1, 0.15) is 26.5 Å². The Morgan fingerprint density at radius 2 is 2.24 bits per heavy atom. The fourth-order valence-electron chi connectivity index (χ4n) is 1.86. The SMILES string of the molecule is CCN(CCc1ccnn1C)C(C)(C)C(=O)O. The van der Waals surface area contributed by atoms with E-state index < -0.39 is 11.5 Å². The molecule has 0 atom stereocenters. The smallest absolute Gasteiger partial charge is 0.323 e. The predicted molar refractivity (Wildman–Crippen MR) is 65.9 cm³/mol. The van der Waals surface area contributed by atoms with Gasteiger partial charge in [0.05, 0.1) is 0 Å². The van der Waals surface area contributed by atoms with Crippen molar-refractivity contribution in [1.82, 2.24) is 14.7 Å². The summed E-state index contributed by atoms with van der Waals surface area (Å²) < 4.78 is 1.82. The van der Waals surface area contributed by atoms with Crippen LogP contribution in [-0.2, 0) is 18.3 Å². The Bertz CT molecular complexity index is 385. The third-order valence-corrected chi connectivity index (χ3v) is 3.26. The number of carboxylic acids is 1. The molecule has 1 aromatic rings. The van der Waals surface area contributed by atoms with Gasteiger partial charge in [0, 0.05) is 31.9 Å². The number of aryl methyl sites for hydroxylation is 1. The Kier molecular flexibility index (Phi) is 4.28. The highest BCUT2D eigenvalue weighted by molar-refractivity contribution is 5.77. The molecule has 0 saturated heterocycles. The second-order valence-corrected chi connectivity index (χ2v) is 4.64. The number of carboxylic acid groups (broad SMARTS) is 1. The zero-order chi connectivity index (χ0) is 13.1. The summed E-state index contributed by atoms with van der Waals surface area (Å²) in [6, 6.07) is 1.96. The van der Waals surface area contributed by atoms with E-state index in [4.69, 9.17) is 0 Å². The molecule has 17 heavy (non-hydrogen) atoms. The van der Waals surface area contributed by atoms with Gasteiger partial charge in [0.15, 0.2) is 0 Å². The molecule has 5 heteroatoms. The minimum absolute atomic E-state index is 0.718. The lowest BCUT2D eigenvalue weighted by atomic mass is 10.0. The van der Waals surface area contributed by atoms with Crippen molar-refractivity contribution in [3.05, 3.63) is 18.0 Å². The van der Waals surface area contributed by atoms with Crippen LogP contribution in [0, 0.1) is 0 Å². The molecule has 0 amide bonds. The first-order valence-electron chi connectivity index (χ1n) is 5.85. The van der Waals surface area contributed by atoms with Crippen molar-refractivity contribution < 1.29 is 9.90 Å². The van der Waals surface area contributed by atoms with Gasteiger partial charge in [-0.1, -0.05) is 6.92 Å². The third kappa shape index (κ3) is 3.06. The monoisotopic (exact) mass is 239 g/mol. The molecule has 0 bridgehead atoms. The van der Waals surface area contributed by atoms with Crippen molar-refractivity contribution in [2.24, 2.45) is 7.05 Å². The summed E-state index contributed by atoms with van der Waals surface area (Å²) in [5.74, 6) is -0.788. The molecule has 96 valence electrons. The second-order valence-electron chi connectivity index (χ2n) is 4.64. The molecule has 0 fully saturated rings. The summed E-state index contributed by atoms with van der Waals surface area (Å²) in [6.07, 6.45) is 2.56. The number of hydrogen-bond donors (Lipinski definition) is 1. The van der Waals surface area contributed by atoms with Crippen molar-refractivity contribution in [2.45, 2.75) is 32.7 Å². The quantitative estimate of drug-likeness (QED) is 0.809. The van der Waals surface area contributed by atoms with E-state index in [1.165, 1.54) is 0 Å². The minimum atomic E-state index is -0.826. The molecule has 0 radical (unpaired) electrons. The highest BCUT2D eigenvalue weighted by atomic mass is 16.4. The van der Waals surface area contributed by atoms with Gasteiger partial charge in [0.2, 0.25) is 0 Å². The van der Waals surface area contributed by atoms with E-state index in [0.717, 1.165) is 25.2 Å². The average Bonchev–Trinajstić information content (AvgIpc) is 2.64.